The van der Waals surface area contributed by atoms with Crippen LogP contribution in [0.4, 0.5) is 10.5 Å². The summed E-state index contributed by atoms with van der Waals surface area (Å²) in [6, 6.07) is 7.11. The molecule has 0 saturated carbocycles. The number of amides is 2. The van der Waals surface area contributed by atoms with E-state index in [0.29, 0.717) is 0 Å². The van der Waals surface area contributed by atoms with Gasteiger partial charge in [0.25, 0.3) is 0 Å². The molecular weight excluding hydrogens is 244 g/mol. The number of benzene rings is 1. The summed E-state index contributed by atoms with van der Waals surface area (Å²) < 4.78 is 0. The third kappa shape index (κ3) is 2.86. The molecule has 0 aliphatic rings. The SMILES string of the molecule is Cc1ccccc1N(C)C(=O)N(C)C(C)(C)C(=O)O. The summed E-state index contributed by atoms with van der Waals surface area (Å²) >= 11 is 0. The van der Waals surface area contributed by atoms with Crippen molar-refractivity contribution in [2.45, 2.75) is 26.3 Å². The van der Waals surface area contributed by atoms with Crippen LogP contribution in [0.1, 0.15) is 19.4 Å². The van der Waals surface area contributed by atoms with Gasteiger partial charge in [0.1, 0.15) is 5.54 Å². The van der Waals surface area contributed by atoms with Crippen molar-refractivity contribution in [3.05, 3.63) is 29.8 Å². The smallest absolute Gasteiger partial charge is 0.329 e. The van der Waals surface area contributed by atoms with Crippen molar-refractivity contribution in [1.82, 2.24) is 4.90 Å². The molecule has 0 bridgehead atoms. The molecule has 19 heavy (non-hydrogen) atoms. The molecule has 1 rings (SSSR count). The fraction of sp³-hybridized carbons (Fsp3) is 0.429. The first-order chi connectivity index (χ1) is 8.69. The van der Waals surface area contributed by atoms with E-state index in [1.807, 2.05) is 31.2 Å². The lowest BCUT2D eigenvalue weighted by Crippen LogP contribution is -2.54. The van der Waals surface area contributed by atoms with Gasteiger partial charge in [0.05, 0.1) is 0 Å². The van der Waals surface area contributed by atoms with E-state index in [1.54, 1.807) is 7.05 Å². The Morgan fingerprint density at radius 2 is 1.68 bits per heavy atom. The first kappa shape index (κ1) is 15.0. The minimum absolute atomic E-state index is 0.360. The molecule has 0 fully saturated rings. The van der Waals surface area contributed by atoms with Gasteiger partial charge in [-0.05, 0) is 32.4 Å². The van der Waals surface area contributed by atoms with Crippen LogP contribution in [0, 0.1) is 6.92 Å². The average Bonchev–Trinajstić information content (AvgIpc) is 2.36. The van der Waals surface area contributed by atoms with Gasteiger partial charge >= 0.3 is 12.0 Å². The van der Waals surface area contributed by atoms with E-state index >= 15 is 0 Å². The minimum atomic E-state index is -1.26. The van der Waals surface area contributed by atoms with E-state index < -0.39 is 11.5 Å². The second-order valence-corrected chi connectivity index (χ2v) is 5.05. The minimum Gasteiger partial charge on any atom is -0.480 e. The number of hydrogen-bond acceptors (Lipinski definition) is 2. The van der Waals surface area contributed by atoms with E-state index in [2.05, 4.69) is 0 Å². The van der Waals surface area contributed by atoms with E-state index in [4.69, 9.17) is 5.11 Å². The van der Waals surface area contributed by atoms with Crippen molar-refractivity contribution < 1.29 is 14.7 Å². The molecular formula is C14H20N2O3. The number of carboxylic acids is 1. The van der Waals surface area contributed by atoms with Crippen molar-refractivity contribution >= 4 is 17.7 Å². The van der Waals surface area contributed by atoms with Crippen LogP contribution in [-0.4, -0.2) is 41.6 Å². The molecule has 1 aromatic carbocycles. The van der Waals surface area contributed by atoms with Crippen LogP contribution in [0.15, 0.2) is 24.3 Å². The fourth-order valence-corrected chi connectivity index (χ4v) is 1.65. The number of aliphatic carboxylic acids is 1. The Hall–Kier alpha value is -2.04. The van der Waals surface area contributed by atoms with Crippen molar-refractivity contribution in [3.8, 4) is 0 Å². The maximum atomic E-state index is 12.3. The standard InChI is InChI=1S/C14H20N2O3/c1-10-8-6-7-9-11(10)15(4)13(19)16(5)14(2,3)12(17)18/h6-9H,1-5H3,(H,17,18). The highest BCUT2D eigenvalue weighted by molar-refractivity contribution is 5.95. The molecule has 0 unspecified atom stereocenters. The number of carbonyl (C=O) groups is 2. The Morgan fingerprint density at radius 3 is 2.16 bits per heavy atom. The molecule has 0 aliphatic heterocycles. The number of carbonyl (C=O) groups excluding carboxylic acids is 1. The molecule has 104 valence electrons. The first-order valence-electron chi connectivity index (χ1n) is 6.00. The quantitative estimate of drug-likeness (QED) is 0.911. The molecule has 2 amide bonds. The van der Waals surface area contributed by atoms with Gasteiger partial charge in [-0.25, -0.2) is 9.59 Å². The molecule has 0 spiro atoms. The fourth-order valence-electron chi connectivity index (χ4n) is 1.65. The number of hydrogen-bond donors (Lipinski definition) is 1. The summed E-state index contributed by atoms with van der Waals surface area (Å²) in [4.78, 5) is 26.2. The number of nitrogens with zero attached hydrogens (tertiary/aromatic N) is 2. The Labute approximate surface area is 113 Å². The second kappa shape index (κ2) is 5.30. The Morgan fingerprint density at radius 1 is 1.16 bits per heavy atom. The monoisotopic (exact) mass is 264 g/mol. The zero-order valence-electron chi connectivity index (χ0n) is 12.0. The van der Waals surface area contributed by atoms with E-state index in [1.165, 1.54) is 30.7 Å². The van der Waals surface area contributed by atoms with E-state index in [-0.39, 0.29) is 6.03 Å². The normalized spacial score (nSPS) is 11.0. The molecule has 5 nitrogen and oxygen atoms in total. The highest BCUT2D eigenvalue weighted by Gasteiger charge is 2.36. The van der Waals surface area contributed by atoms with Gasteiger partial charge in [0.2, 0.25) is 0 Å². The van der Waals surface area contributed by atoms with Gasteiger partial charge in [-0.1, -0.05) is 18.2 Å². The van der Waals surface area contributed by atoms with Crippen molar-refractivity contribution in [2.24, 2.45) is 0 Å². The average molecular weight is 264 g/mol. The van der Waals surface area contributed by atoms with Crippen LogP contribution in [0.2, 0.25) is 0 Å². The van der Waals surface area contributed by atoms with Gasteiger partial charge in [0.15, 0.2) is 0 Å². The molecule has 5 heteroatoms. The van der Waals surface area contributed by atoms with Gasteiger partial charge in [-0.2, -0.15) is 0 Å². The number of anilines is 1. The van der Waals surface area contributed by atoms with E-state index in [9.17, 15) is 9.59 Å². The van der Waals surface area contributed by atoms with Gasteiger partial charge in [-0.3, -0.25) is 4.90 Å². The lowest BCUT2D eigenvalue weighted by atomic mass is 10.0. The predicted octanol–water partition coefficient (Wildman–Crippen LogP) is 2.35. The Bertz CT molecular complexity index is 497. The first-order valence-corrected chi connectivity index (χ1v) is 6.00. The predicted molar refractivity (Wildman–Crippen MR) is 74.5 cm³/mol. The molecule has 0 heterocycles. The highest BCUT2D eigenvalue weighted by Crippen LogP contribution is 2.21. The maximum absolute atomic E-state index is 12.3. The maximum Gasteiger partial charge on any atom is 0.329 e. The van der Waals surface area contributed by atoms with E-state index in [0.717, 1.165) is 11.3 Å². The van der Waals surface area contributed by atoms with Crippen LogP contribution in [0.5, 0.6) is 0 Å². The summed E-state index contributed by atoms with van der Waals surface area (Å²) in [5, 5.41) is 9.16. The third-order valence-electron chi connectivity index (χ3n) is 3.41. The molecule has 0 aromatic heterocycles. The number of aryl methyl sites for hydroxylation is 1. The number of likely N-dealkylation sites (N-methyl/N-ethyl adjacent to an activating group) is 1. The lowest BCUT2D eigenvalue weighted by Gasteiger charge is -2.35. The molecule has 1 aromatic rings. The van der Waals surface area contributed by atoms with Gasteiger partial charge < -0.3 is 10.0 Å². The van der Waals surface area contributed by atoms with Crippen LogP contribution >= 0.6 is 0 Å². The van der Waals surface area contributed by atoms with Crippen molar-refractivity contribution in [3.63, 3.8) is 0 Å². The Balaban J connectivity index is 3.02. The zero-order valence-corrected chi connectivity index (χ0v) is 12.0. The zero-order chi connectivity index (χ0) is 14.8. The third-order valence-corrected chi connectivity index (χ3v) is 3.41. The van der Waals surface area contributed by atoms with Crippen LogP contribution in [-0.2, 0) is 4.79 Å². The summed E-state index contributed by atoms with van der Waals surface area (Å²) in [5.74, 6) is -1.04. The van der Waals surface area contributed by atoms with Crippen LogP contribution < -0.4 is 4.90 Å². The largest absolute Gasteiger partial charge is 0.480 e. The summed E-state index contributed by atoms with van der Waals surface area (Å²) in [6.45, 7) is 4.90. The second-order valence-electron chi connectivity index (χ2n) is 5.05. The number of rotatable bonds is 3. The van der Waals surface area contributed by atoms with Crippen LogP contribution in [0.3, 0.4) is 0 Å². The van der Waals surface area contributed by atoms with Crippen LogP contribution in [0.25, 0.3) is 0 Å². The number of carboxylic acid groups (broad SMARTS) is 1. The molecule has 0 atom stereocenters. The lowest BCUT2D eigenvalue weighted by molar-refractivity contribution is -0.146. The summed E-state index contributed by atoms with van der Waals surface area (Å²) in [5.41, 5.74) is 0.467. The van der Waals surface area contributed by atoms with Crippen molar-refractivity contribution in [2.75, 3.05) is 19.0 Å². The molecule has 1 N–H and O–H groups in total. The summed E-state index contributed by atoms with van der Waals surface area (Å²) in [7, 11) is 3.13. The molecule has 0 radical (unpaired) electrons. The van der Waals surface area contributed by atoms with Gasteiger partial charge in [-0.15, -0.1) is 0 Å². The topological polar surface area (TPSA) is 60.9 Å². The Kier molecular flexibility index (Phi) is 4.19. The van der Waals surface area contributed by atoms with Gasteiger partial charge in [0, 0.05) is 19.8 Å². The highest BCUT2D eigenvalue weighted by atomic mass is 16.4. The van der Waals surface area contributed by atoms with Crippen molar-refractivity contribution in [1.29, 1.82) is 0 Å². The molecule has 0 saturated heterocycles. The number of urea groups is 1. The summed E-state index contributed by atoms with van der Waals surface area (Å²) in [6.07, 6.45) is 0. The number of para-hydroxylation sites is 1. The molecule has 0 aliphatic carbocycles.